The maximum Gasteiger partial charge on any atom is 0.229 e. The third kappa shape index (κ3) is 4.44. The number of nitrogens with two attached hydrogens (primary N) is 1. The molecule has 1 aliphatic heterocycles. The van der Waals surface area contributed by atoms with Gasteiger partial charge in [0.2, 0.25) is 17.7 Å². The number of nitrogens with one attached hydrogen (secondary N) is 1. The zero-order chi connectivity index (χ0) is 19.4. The van der Waals surface area contributed by atoms with Crippen LogP contribution in [0, 0.1) is 5.92 Å². The minimum Gasteiger partial charge on any atom is -0.497 e. The predicted molar refractivity (Wildman–Crippen MR) is 101 cm³/mol. The summed E-state index contributed by atoms with van der Waals surface area (Å²) in [6.45, 7) is 0.317. The summed E-state index contributed by atoms with van der Waals surface area (Å²) in [4.78, 5) is 37.4. The number of primary amides is 1. The first kappa shape index (κ1) is 18.4. The molecular formula is C20H21N3O4. The van der Waals surface area contributed by atoms with E-state index in [0.29, 0.717) is 23.7 Å². The van der Waals surface area contributed by atoms with Gasteiger partial charge < -0.3 is 20.7 Å². The Morgan fingerprint density at radius 3 is 2.63 bits per heavy atom. The van der Waals surface area contributed by atoms with E-state index in [1.54, 1.807) is 48.4 Å². The highest BCUT2D eigenvalue weighted by Gasteiger charge is 2.35. The molecule has 1 atom stereocenters. The van der Waals surface area contributed by atoms with Gasteiger partial charge in [-0.2, -0.15) is 0 Å². The molecule has 2 aromatic carbocycles. The highest BCUT2D eigenvalue weighted by atomic mass is 16.5. The number of hydrogen-bond donors (Lipinski definition) is 2. The molecule has 1 heterocycles. The van der Waals surface area contributed by atoms with Crippen molar-refractivity contribution in [2.75, 3.05) is 23.9 Å². The van der Waals surface area contributed by atoms with E-state index in [2.05, 4.69) is 5.32 Å². The molecule has 0 spiro atoms. The Morgan fingerprint density at radius 2 is 1.96 bits per heavy atom. The van der Waals surface area contributed by atoms with Gasteiger partial charge in [-0.15, -0.1) is 0 Å². The summed E-state index contributed by atoms with van der Waals surface area (Å²) in [5, 5.41) is 2.82. The summed E-state index contributed by atoms with van der Waals surface area (Å²) in [5.74, 6) is -0.497. The molecule has 1 unspecified atom stereocenters. The fraction of sp³-hybridized carbons (Fsp3) is 0.250. The standard InChI is InChI=1S/C20H21N3O4/c1-27-17-4-2-3-16(11-17)23-12-14(10-19(23)25)20(26)22-15-7-5-13(6-8-15)9-18(21)24/h2-8,11,14H,9-10,12H2,1H3,(H2,21,24)(H,22,26). The zero-order valence-electron chi connectivity index (χ0n) is 15.0. The lowest BCUT2D eigenvalue weighted by molar-refractivity contribution is -0.122. The van der Waals surface area contributed by atoms with Crippen molar-refractivity contribution in [3.63, 3.8) is 0 Å². The molecule has 140 valence electrons. The number of hydrogen-bond acceptors (Lipinski definition) is 4. The van der Waals surface area contributed by atoms with Crippen LogP contribution >= 0.6 is 0 Å². The Morgan fingerprint density at radius 1 is 1.22 bits per heavy atom. The molecule has 1 fully saturated rings. The molecular weight excluding hydrogens is 346 g/mol. The van der Waals surface area contributed by atoms with Gasteiger partial charge >= 0.3 is 0 Å². The Balaban J connectivity index is 1.64. The van der Waals surface area contributed by atoms with E-state index in [0.717, 1.165) is 5.56 Å². The minimum absolute atomic E-state index is 0.0970. The molecule has 0 radical (unpaired) electrons. The molecule has 3 rings (SSSR count). The van der Waals surface area contributed by atoms with Crippen LogP contribution in [0.2, 0.25) is 0 Å². The maximum absolute atomic E-state index is 12.5. The van der Waals surface area contributed by atoms with Crippen molar-refractivity contribution in [2.24, 2.45) is 11.7 Å². The van der Waals surface area contributed by atoms with Crippen molar-refractivity contribution in [1.29, 1.82) is 0 Å². The van der Waals surface area contributed by atoms with E-state index in [-0.39, 0.29) is 24.7 Å². The maximum atomic E-state index is 12.5. The number of amides is 3. The van der Waals surface area contributed by atoms with Crippen LogP contribution in [-0.2, 0) is 20.8 Å². The number of ether oxygens (including phenoxy) is 1. The van der Waals surface area contributed by atoms with Crippen LogP contribution < -0.4 is 20.7 Å². The van der Waals surface area contributed by atoms with Gasteiger partial charge in [0.1, 0.15) is 5.75 Å². The molecule has 1 saturated heterocycles. The van der Waals surface area contributed by atoms with Crippen molar-refractivity contribution in [3.8, 4) is 5.75 Å². The predicted octanol–water partition coefficient (Wildman–Crippen LogP) is 1.71. The van der Waals surface area contributed by atoms with Crippen molar-refractivity contribution < 1.29 is 19.1 Å². The fourth-order valence-corrected chi connectivity index (χ4v) is 3.06. The summed E-state index contributed by atoms with van der Waals surface area (Å²) in [6.07, 6.45) is 0.309. The lowest BCUT2D eigenvalue weighted by atomic mass is 10.1. The number of carbonyl (C=O) groups excluding carboxylic acids is 3. The largest absolute Gasteiger partial charge is 0.497 e. The monoisotopic (exact) mass is 367 g/mol. The van der Waals surface area contributed by atoms with Crippen LogP contribution in [0.5, 0.6) is 5.75 Å². The van der Waals surface area contributed by atoms with Gasteiger partial charge in [-0.25, -0.2) is 0 Å². The molecule has 3 amide bonds. The van der Waals surface area contributed by atoms with Crippen molar-refractivity contribution in [1.82, 2.24) is 0 Å². The Labute approximate surface area is 157 Å². The van der Waals surface area contributed by atoms with E-state index in [9.17, 15) is 14.4 Å². The number of anilines is 2. The average molecular weight is 367 g/mol. The zero-order valence-corrected chi connectivity index (χ0v) is 15.0. The van der Waals surface area contributed by atoms with E-state index >= 15 is 0 Å². The van der Waals surface area contributed by atoms with E-state index < -0.39 is 11.8 Å². The number of rotatable bonds is 6. The number of nitrogens with zero attached hydrogens (tertiary/aromatic N) is 1. The first-order valence-electron chi connectivity index (χ1n) is 8.59. The highest BCUT2D eigenvalue weighted by molar-refractivity contribution is 6.03. The molecule has 0 saturated carbocycles. The smallest absolute Gasteiger partial charge is 0.229 e. The second-order valence-electron chi connectivity index (χ2n) is 6.44. The summed E-state index contributed by atoms with van der Waals surface area (Å²) >= 11 is 0. The lowest BCUT2D eigenvalue weighted by Crippen LogP contribution is -2.28. The summed E-state index contributed by atoms with van der Waals surface area (Å²) in [5.41, 5.74) is 7.27. The molecule has 7 heteroatoms. The summed E-state index contributed by atoms with van der Waals surface area (Å²) in [7, 11) is 1.57. The molecule has 0 aromatic heterocycles. The second-order valence-corrected chi connectivity index (χ2v) is 6.44. The second kappa shape index (κ2) is 7.90. The highest BCUT2D eigenvalue weighted by Crippen LogP contribution is 2.28. The van der Waals surface area contributed by atoms with Crippen LogP contribution in [0.3, 0.4) is 0 Å². The normalized spacial score (nSPS) is 16.3. The minimum atomic E-state index is -0.436. The van der Waals surface area contributed by atoms with Crippen LogP contribution in [0.25, 0.3) is 0 Å². The molecule has 27 heavy (non-hydrogen) atoms. The summed E-state index contributed by atoms with van der Waals surface area (Å²) in [6, 6.07) is 14.1. The third-order valence-electron chi connectivity index (χ3n) is 4.46. The molecule has 1 aliphatic rings. The van der Waals surface area contributed by atoms with Gasteiger partial charge in [0, 0.05) is 30.4 Å². The third-order valence-corrected chi connectivity index (χ3v) is 4.46. The number of benzene rings is 2. The first-order valence-corrected chi connectivity index (χ1v) is 8.59. The first-order chi connectivity index (χ1) is 13.0. The SMILES string of the molecule is COc1cccc(N2CC(C(=O)Nc3ccc(CC(N)=O)cc3)CC2=O)c1. The van der Waals surface area contributed by atoms with Gasteiger partial charge in [-0.3, -0.25) is 14.4 Å². The van der Waals surface area contributed by atoms with Crippen molar-refractivity contribution in [2.45, 2.75) is 12.8 Å². The fourth-order valence-electron chi connectivity index (χ4n) is 3.06. The Hall–Kier alpha value is -3.35. The van der Waals surface area contributed by atoms with E-state index in [1.807, 2.05) is 12.1 Å². The van der Waals surface area contributed by atoms with Gasteiger partial charge in [0.15, 0.2) is 0 Å². The van der Waals surface area contributed by atoms with Gasteiger partial charge in [0.25, 0.3) is 0 Å². The van der Waals surface area contributed by atoms with Gasteiger partial charge in [0.05, 0.1) is 19.4 Å². The Bertz CT molecular complexity index is 864. The van der Waals surface area contributed by atoms with Crippen LogP contribution in [0.15, 0.2) is 48.5 Å². The van der Waals surface area contributed by atoms with E-state index in [4.69, 9.17) is 10.5 Å². The van der Waals surface area contributed by atoms with Crippen LogP contribution in [-0.4, -0.2) is 31.4 Å². The summed E-state index contributed by atoms with van der Waals surface area (Å²) < 4.78 is 5.19. The molecule has 0 bridgehead atoms. The molecule has 2 aromatic rings. The van der Waals surface area contributed by atoms with Crippen LogP contribution in [0.1, 0.15) is 12.0 Å². The van der Waals surface area contributed by atoms with Crippen LogP contribution in [0.4, 0.5) is 11.4 Å². The quantitative estimate of drug-likeness (QED) is 0.811. The van der Waals surface area contributed by atoms with Crippen molar-refractivity contribution in [3.05, 3.63) is 54.1 Å². The topological polar surface area (TPSA) is 102 Å². The Kier molecular flexibility index (Phi) is 5.40. The lowest BCUT2D eigenvalue weighted by Gasteiger charge is -2.17. The number of methoxy groups -OCH3 is 1. The van der Waals surface area contributed by atoms with Crippen molar-refractivity contribution >= 4 is 29.1 Å². The molecule has 7 nitrogen and oxygen atoms in total. The van der Waals surface area contributed by atoms with Gasteiger partial charge in [-0.1, -0.05) is 18.2 Å². The van der Waals surface area contributed by atoms with E-state index in [1.165, 1.54) is 0 Å². The molecule has 0 aliphatic carbocycles. The molecule has 3 N–H and O–H groups in total. The number of carbonyl (C=O) groups is 3. The average Bonchev–Trinajstić information content (AvgIpc) is 3.05. The van der Waals surface area contributed by atoms with Gasteiger partial charge in [-0.05, 0) is 29.8 Å².